The standard InChI is InChI=1S/C7H5NO7.Al/c9-3-1(6(12)13)2(7(14)15)8-5(11)4(3)10;/h10H,(H,12,13)(H,14,15)(H2,8,9,11);. The molecule has 0 saturated heterocycles. The Hall–Kier alpha value is -1.98. The zero-order valence-electron chi connectivity index (χ0n) is 7.59. The Labute approximate surface area is 97.9 Å². The minimum Gasteiger partial charge on any atom is -0.503 e. The summed E-state index contributed by atoms with van der Waals surface area (Å²) in [7, 11) is 0. The van der Waals surface area contributed by atoms with E-state index in [9.17, 15) is 14.4 Å². The minimum atomic E-state index is -1.78. The number of carboxylic acids is 2. The van der Waals surface area contributed by atoms with E-state index in [0.29, 0.717) is 0 Å². The molecule has 8 nitrogen and oxygen atoms in total. The molecule has 1 aromatic rings. The molecular formula is C7H5AlNO7. The van der Waals surface area contributed by atoms with E-state index in [1.165, 1.54) is 0 Å². The summed E-state index contributed by atoms with van der Waals surface area (Å²) in [5.74, 6) is -6.03. The van der Waals surface area contributed by atoms with Crippen molar-refractivity contribution >= 4 is 29.3 Å². The first-order chi connectivity index (χ1) is 6.86. The summed E-state index contributed by atoms with van der Waals surface area (Å²) in [4.78, 5) is 33.5. The molecule has 0 aliphatic heterocycles. The van der Waals surface area contributed by atoms with E-state index >= 15 is 0 Å². The SMILES string of the molecule is O=C(O)c1[nH]c(=O)c(O)c(O)c1C(=O)O.[Al]. The largest absolute Gasteiger partial charge is 0.503 e. The normalized spacial score (nSPS) is 9.25. The van der Waals surface area contributed by atoms with Crippen molar-refractivity contribution in [3.05, 3.63) is 21.6 Å². The van der Waals surface area contributed by atoms with Crippen LogP contribution in [0.4, 0.5) is 0 Å². The van der Waals surface area contributed by atoms with Gasteiger partial charge in [-0.25, -0.2) is 9.59 Å². The van der Waals surface area contributed by atoms with Gasteiger partial charge in [-0.1, -0.05) is 0 Å². The summed E-state index contributed by atoms with van der Waals surface area (Å²) in [5, 5.41) is 35.0. The monoisotopic (exact) mass is 242 g/mol. The highest BCUT2D eigenvalue weighted by molar-refractivity contribution is 6.02. The van der Waals surface area contributed by atoms with Crippen LogP contribution in [0.15, 0.2) is 4.79 Å². The van der Waals surface area contributed by atoms with Gasteiger partial charge in [0.15, 0.2) is 5.75 Å². The van der Waals surface area contributed by atoms with Crippen LogP contribution in [0.1, 0.15) is 20.8 Å². The van der Waals surface area contributed by atoms with E-state index in [1.807, 2.05) is 0 Å². The number of rotatable bonds is 2. The highest BCUT2D eigenvalue weighted by atomic mass is 27.0. The Bertz CT molecular complexity index is 506. The van der Waals surface area contributed by atoms with Gasteiger partial charge in [-0.15, -0.1) is 0 Å². The first kappa shape index (κ1) is 14.0. The predicted octanol–water partition coefficient (Wildman–Crippen LogP) is -1.20. The van der Waals surface area contributed by atoms with E-state index in [1.54, 1.807) is 4.98 Å². The van der Waals surface area contributed by atoms with Crippen LogP contribution in [0.5, 0.6) is 11.5 Å². The van der Waals surface area contributed by atoms with Gasteiger partial charge in [0.2, 0.25) is 5.75 Å². The summed E-state index contributed by atoms with van der Waals surface area (Å²) in [6.07, 6.45) is 0. The quantitative estimate of drug-likeness (QED) is 0.409. The van der Waals surface area contributed by atoms with Crippen molar-refractivity contribution < 1.29 is 30.0 Å². The average molecular weight is 242 g/mol. The molecule has 9 heteroatoms. The highest BCUT2D eigenvalue weighted by Gasteiger charge is 2.25. The van der Waals surface area contributed by atoms with Crippen molar-refractivity contribution in [2.45, 2.75) is 0 Å². The molecule has 1 heterocycles. The van der Waals surface area contributed by atoms with Gasteiger partial charge in [0, 0.05) is 17.4 Å². The third kappa shape index (κ3) is 2.16. The number of carbonyl (C=O) groups is 2. The number of aromatic hydroxyl groups is 2. The molecule has 0 amide bonds. The number of nitrogens with one attached hydrogen (secondary N) is 1. The van der Waals surface area contributed by atoms with E-state index in [-0.39, 0.29) is 17.4 Å². The van der Waals surface area contributed by atoms with E-state index in [4.69, 9.17) is 20.4 Å². The number of hydrogen-bond donors (Lipinski definition) is 5. The summed E-state index contributed by atoms with van der Waals surface area (Å²) in [6.45, 7) is 0. The lowest BCUT2D eigenvalue weighted by Gasteiger charge is -2.04. The van der Waals surface area contributed by atoms with Gasteiger partial charge in [-0.05, 0) is 0 Å². The smallest absolute Gasteiger partial charge is 0.353 e. The van der Waals surface area contributed by atoms with Crippen LogP contribution in [-0.4, -0.2) is 54.7 Å². The molecule has 5 N–H and O–H groups in total. The summed E-state index contributed by atoms with van der Waals surface area (Å²) in [6, 6.07) is 0. The minimum absolute atomic E-state index is 0. The molecule has 0 unspecified atom stereocenters. The molecule has 1 rings (SSSR count). The van der Waals surface area contributed by atoms with Crippen molar-refractivity contribution in [3.8, 4) is 11.5 Å². The fourth-order valence-electron chi connectivity index (χ4n) is 0.948. The number of aromatic nitrogens is 1. The van der Waals surface area contributed by atoms with E-state index in [2.05, 4.69) is 0 Å². The lowest BCUT2D eigenvalue weighted by atomic mass is 10.1. The molecule has 0 spiro atoms. The Kier molecular flexibility index (Phi) is 4.11. The van der Waals surface area contributed by atoms with E-state index in [0.717, 1.165) is 0 Å². The Balaban J connectivity index is 0.00000225. The van der Waals surface area contributed by atoms with Gasteiger partial charge in [0.25, 0.3) is 5.56 Å². The third-order valence-electron chi connectivity index (χ3n) is 1.59. The Morgan fingerprint density at radius 3 is 1.88 bits per heavy atom. The summed E-state index contributed by atoms with van der Waals surface area (Å²) < 4.78 is 0. The average Bonchev–Trinajstić information content (AvgIpc) is 2.12. The molecule has 0 aromatic carbocycles. The maximum absolute atomic E-state index is 10.8. The molecule has 0 aliphatic carbocycles. The van der Waals surface area contributed by atoms with Crippen molar-refractivity contribution in [2.24, 2.45) is 0 Å². The fraction of sp³-hybridized carbons (Fsp3) is 0. The maximum atomic E-state index is 10.8. The first-order valence-corrected chi connectivity index (χ1v) is 3.51. The van der Waals surface area contributed by atoms with Crippen molar-refractivity contribution in [1.82, 2.24) is 4.98 Å². The number of aromatic amines is 1. The zero-order valence-corrected chi connectivity index (χ0v) is 8.75. The molecular weight excluding hydrogens is 237 g/mol. The number of aromatic carboxylic acids is 2. The highest BCUT2D eigenvalue weighted by Crippen LogP contribution is 2.26. The molecule has 0 atom stereocenters. The lowest BCUT2D eigenvalue weighted by molar-refractivity contribution is 0.0642. The first-order valence-electron chi connectivity index (χ1n) is 3.51. The summed E-state index contributed by atoms with van der Waals surface area (Å²) in [5.41, 5.74) is -3.35. The fourth-order valence-corrected chi connectivity index (χ4v) is 0.948. The van der Waals surface area contributed by atoms with Gasteiger partial charge >= 0.3 is 11.9 Å². The maximum Gasteiger partial charge on any atom is 0.353 e. The van der Waals surface area contributed by atoms with Crippen molar-refractivity contribution in [2.75, 3.05) is 0 Å². The Morgan fingerprint density at radius 1 is 1.00 bits per heavy atom. The second-order valence-electron chi connectivity index (χ2n) is 2.51. The number of carboxylic acid groups (broad SMARTS) is 2. The van der Waals surface area contributed by atoms with Crippen LogP contribution in [-0.2, 0) is 0 Å². The zero-order chi connectivity index (χ0) is 11.7. The van der Waals surface area contributed by atoms with Gasteiger partial charge < -0.3 is 25.4 Å². The van der Waals surface area contributed by atoms with Gasteiger partial charge in [-0.3, -0.25) is 4.79 Å². The van der Waals surface area contributed by atoms with Crippen LogP contribution >= 0.6 is 0 Å². The molecule has 83 valence electrons. The molecule has 0 saturated carbocycles. The molecule has 1 aromatic heterocycles. The molecule has 0 aliphatic rings. The Morgan fingerprint density at radius 2 is 1.50 bits per heavy atom. The number of H-pyrrole nitrogens is 1. The van der Waals surface area contributed by atoms with E-state index < -0.39 is 40.3 Å². The topological polar surface area (TPSA) is 148 Å². The van der Waals surface area contributed by atoms with Crippen molar-refractivity contribution in [3.63, 3.8) is 0 Å². The predicted molar refractivity (Wildman–Crippen MR) is 50.1 cm³/mol. The summed E-state index contributed by atoms with van der Waals surface area (Å²) >= 11 is 0. The van der Waals surface area contributed by atoms with Gasteiger partial charge in [0.05, 0.1) is 0 Å². The molecule has 3 radical (unpaired) electrons. The van der Waals surface area contributed by atoms with Crippen LogP contribution in [0, 0.1) is 0 Å². The van der Waals surface area contributed by atoms with Gasteiger partial charge in [0.1, 0.15) is 11.3 Å². The van der Waals surface area contributed by atoms with Crippen molar-refractivity contribution in [1.29, 1.82) is 0 Å². The van der Waals surface area contributed by atoms with Crippen LogP contribution in [0.25, 0.3) is 0 Å². The third-order valence-corrected chi connectivity index (χ3v) is 1.59. The van der Waals surface area contributed by atoms with Crippen LogP contribution in [0.2, 0.25) is 0 Å². The second-order valence-corrected chi connectivity index (χ2v) is 2.51. The molecule has 16 heavy (non-hydrogen) atoms. The molecule has 0 fully saturated rings. The number of hydrogen-bond acceptors (Lipinski definition) is 5. The van der Waals surface area contributed by atoms with Gasteiger partial charge in [-0.2, -0.15) is 0 Å². The number of pyridine rings is 1. The van der Waals surface area contributed by atoms with Crippen LogP contribution < -0.4 is 5.56 Å². The van der Waals surface area contributed by atoms with Crippen LogP contribution in [0.3, 0.4) is 0 Å². The molecule has 0 bridgehead atoms. The lowest BCUT2D eigenvalue weighted by Crippen LogP contribution is -2.18. The second kappa shape index (κ2) is 4.70.